The van der Waals surface area contributed by atoms with Gasteiger partial charge in [-0.05, 0) is 85.7 Å². The van der Waals surface area contributed by atoms with Crippen molar-refractivity contribution < 1.29 is 36.7 Å². The number of rotatable bonds is 26. The van der Waals surface area contributed by atoms with E-state index in [2.05, 4.69) is 57.5 Å². The molecule has 0 radical (unpaired) electrons. The summed E-state index contributed by atoms with van der Waals surface area (Å²) in [6.45, 7) is 25.5. The topological polar surface area (TPSA) is 80.3 Å². The number of hydrogen-bond donors (Lipinski definition) is 0. The number of ether oxygens (including phenoxy) is 4. The van der Waals surface area contributed by atoms with Gasteiger partial charge in [-0.25, -0.2) is 0 Å². The third-order valence-corrected chi connectivity index (χ3v) is 18.1. The Hall–Kier alpha value is 0.468. The summed E-state index contributed by atoms with van der Waals surface area (Å²) in [6.07, 6.45) is 11.8. The summed E-state index contributed by atoms with van der Waals surface area (Å²) in [7, 11) is -5.51. The molecule has 2 heterocycles. The first kappa shape index (κ1) is 42.6. The van der Waals surface area contributed by atoms with Gasteiger partial charge >= 0.3 is 17.1 Å². The second-order valence-corrected chi connectivity index (χ2v) is 22.8. The van der Waals surface area contributed by atoms with Crippen molar-refractivity contribution in [2.45, 2.75) is 124 Å². The van der Waals surface area contributed by atoms with Crippen molar-refractivity contribution in [3.05, 3.63) is 0 Å². The summed E-state index contributed by atoms with van der Waals surface area (Å²) < 4.78 is 49.4. The highest BCUT2D eigenvalue weighted by Crippen LogP contribution is 2.27. The first-order chi connectivity index (χ1) is 22.1. The van der Waals surface area contributed by atoms with Crippen LogP contribution >= 0.6 is 0 Å². The quantitative estimate of drug-likeness (QED) is 0.0751. The average molecular weight is 725 g/mol. The molecule has 0 saturated carbocycles. The standard InChI is InChI=1S/C32H72N2O8Si4/c1-10-35-31(36-11-2)43-24-33-22-29(41-45(8,26-33)39-14-5)21-19-17-16-18-20-28(7)30-23-34(27-46(9,42-30)40-15-6)25-44-32(37-12-3)38-13-4/h28-32H,10-27,43-44H2,1-9H3. The lowest BCUT2D eigenvalue weighted by molar-refractivity contribution is -0.0839. The van der Waals surface area contributed by atoms with Crippen molar-refractivity contribution in [2.75, 3.05) is 77.4 Å². The van der Waals surface area contributed by atoms with E-state index in [-0.39, 0.29) is 24.0 Å². The Morgan fingerprint density at radius 2 is 1.13 bits per heavy atom. The van der Waals surface area contributed by atoms with Gasteiger partial charge in [0.05, 0.1) is 12.2 Å². The largest absolute Gasteiger partial charge is 0.394 e. The van der Waals surface area contributed by atoms with Crippen molar-refractivity contribution >= 4 is 36.2 Å². The van der Waals surface area contributed by atoms with Gasteiger partial charge in [0, 0.05) is 65.1 Å². The molecule has 274 valence electrons. The maximum Gasteiger partial charge on any atom is 0.349 e. The molecule has 0 aromatic heterocycles. The SMILES string of the molecule is CCOC(OCC)[SiH2]CN1CC(CCCCCCC(C)C2CN(C[SiH2]C(OCC)OCC)C[Si](C)(OCC)O2)O[Si](C)(OCC)C1. The zero-order valence-electron chi connectivity index (χ0n) is 31.2. The summed E-state index contributed by atoms with van der Waals surface area (Å²) in [5, 5.41) is 0. The summed E-state index contributed by atoms with van der Waals surface area (Å²) >= 11 is 0. The van der Waals surface area contributed by atoms with E-state index < -0.39 is 36.2 Å². The summed E-state index contributed by atoms with van der Waals surface area (Å²) in [5.41, 5.74) is 0. The Morgan fingerprint density at radius 3 is 1.63 bits per heavy atom. The van der Waals surface area contributed by atoms with Crippen molar-refractivity contribution in [3.63, 3.8) is 0 Å². The monoisotopic (exact) mass is 724 g/mol. The minimum absolute atomic E-state index is 0.000998. The van der Waals surface area contributed by atoms with Crippen molar-refractivity contribution in [1.82, 2.24) is 9.80 Å². The summed E-state index contributed by atoms with van der Waals surface area (Å²) in [4.78, 5) is 5.20. The fraction of sp³-hybridized carbons (Fsp3) is 1.00. The first-order valence-corrected chi connectivity index (χ1v) is 27.4. The Morgan fingerprint density at radius 1 is 0.652 bits per heavy atom. The lowest BCUT2D eigenvalue weighted by atomic mass is 9.96. The van der Waals surface area contributed by atoms with Crippen LogP contribution in [0.25, 0.3) is 0 Å². The molecule has 2 saturated heterocycles. The van der Waals surface area contributed by atoms with Crippen LogP contribution in [0.5, 0.6) is 0 Å². The molecule has 5 unspecified atom stereocenters. The van der Waals surface area contributed by atoms with Gasteiger partial charge in [0.1, 0.15) is 30.9 Å². The van der Waals surface area contributed by atoms with Crippen LogP contribution in [-0.2, 0) is 36.7 Å². The minimum atomic E-state index is -2.23. The summed E-state index contributed by atoms with van der Waals surface area (Å²) in [6, 6.07) is 0. The second-order valence-electron chi connectivity index (χ2n) is 13.2. The molecular formula is C32H72N2O8Si4. The van der Waals surface area contributed by atoms with Crippen LogP contribution in [0.2, 0.25) is 13.1 Å². The Balaban J connectivity index is 1.80. The van der Waals surface area contributed by atoms with Gasteiger partial charge in [0.2, 0.25) is 0 Å². The zero-order chi connectivity index (χ0) is 33.8. The number of unbranched alkanes of at least 4 members (excludes halogenated alkanes) is 3. The molecule has 0 bridgehead atoms. The number of nitrogens with zero attached hydrogens (tertiary/aromatic N) is 2. The van der Waals surface area contributed by atoms with E-state index in [1.165, 1.54) is 32.1 Å². The van der Waals surface area contributed by atoms with Gasteiger partial charge in [0.25, 0.3) is 0 Å². The van der Waals surface area contributed by atoms with Gasteiger partial charge in [-0.3, -0.25) is 0 Å². The van der Waals surface area contributed by atoms with Gasteiger partial charge in [-0.1, -0.05) is 32.6 Å². The van der Waals surface area contributed by atoms with Crippen LogP contribution < -0.4 is 0 Å². The Labute approximate surface area is 289 Å². The molecule has 2 fully saturated rings. The van der Waals surface area contributed by atoms with Gasteiger partial charge in [-0.2, -0.15) is 0 Å². The minimum Gasteiger partial charge on any atom is -0.394 e. The zero-order valence-corrected chi connectivity index (χ0v) is 36.0. The maximum absolute atomic E-state index is 6.76. The lowest BCUT2D eigenvalue weighted by Crippen LogP contribution is -2.61. The van der Waals surface area contributed by atoms with Gasteiger partial charge in [-0.15, -0.1) is 0 Å². The molecule has 46 heavy (non-hydrogen) atoms. The molecule has 0 aromatic rings. The van der Waals surface area contributed by atoms with E-state index in [1.54, 1.807) is 0 Å². The molecule has 0 aromatic carbocycles. The van der Waals surface area contributed by atoms with Crippen molar-refractivity contribution in [1.29, 1.82) is 0 Å². The van der Waals surface area contributed by atoms with Crippen LogP contribution in [0, 0.1) is 5.92 Å². The van der Waals surface area contributed by atoms with Crippen LogP contribution in [0.4, 0.5) is 0 Å². The first-order valence-electron chi connectivity index (χ1n) is 18.7. The van der Waals surface area contributed by atoms with Gasteiger partial charge in [0.15, 0.2) is 0 Å². The maximum atomic E-state index is 6.76. The Bertz CT molecular complexity index is 772. The highest BCUT2D eigenvalue weighted by atomic mass is 28.4. The van der Waals surface area contributed by atoms with Gasteiger partial charge < -0.3 is 46.5 Å². The molecule has 0 spiro atoms. The molecule has 0 N–H and O–H groups in total. The predicted molar refractivity (Wildman–Crippen MR) is 197 cm³/mol. The lowest BCUT2D eigenvalue weighted by Gasteiger charge is -2.44. The van der Waals surface area contributed by atoms with E-state index in [9.17, 15) is 0 Å². The van der Waals surface area contributed by atoms with Crippen LogP contribution in [0.3, 0.4) is 0 Å². The van der Waals surface area contributed by atoms with Crippen molar-refractivity contribution in [3.8, 4) is 0 Å². The predicted octanol–water partition coefficient (Wildman–Crippen LogP) is 3.63. The van der Waals surface area contributed by atoms with E-state index in [4.69, 9.17) is 36.7 Å². The molecule has 0 amide bonds. The fourth-order valence-electron chi connectivity index (χ4n) is 6.99. The van der Waals surface area contributed by atoms with E-state index in [1.807, 2.05) is 13.8 Å². The highest BCUT2D eigenvalue weighted by Gasteiger charge is 2.43. The van der Waals surface area contributed by atoms with E-state index >= 15 is 0 Å². The third-order valence-electron chi connectivity index (χ3n) is 8.98. The molecule has 2 aliphatic rings. The fourth-order valence-corrected chi connectivity index (χ4v) is 16.8. The average Bonchev–Trinajstić information content (AvgIpc) is 3.00. The van der Waals surface area contributed by atoms with Crippen LogP contribution in [-0.4, -0.2) is 147 Å². The molecule has 2 aliphatic heterocycles. The normalized spacial score (nSPS) is 27.7. The van der Waals surface area contributed by atoms with Crippen LogP contribution in [0.1, 0.15) is 87.0 Å². The van der Waals surface area contributed by atoms with E-state index in [0.29, 0.717) is 39.0 Å². The van der Waals surface area contributed by atoms with E-state index in [0.717, 1.165) is 50.8 Å². The summed E-state index contributed by atoms with van der Waals surface area (Å²) in [5.74, 6) is 0.521. The molecule has 0 aliphatic carbocycles. The second kappa shape index (κ2) is 23.8. The molecular weight excluding hydrogens is 653 g/mol. The Kier molecular flexibility index (Phi) is 22.1. The molecule has 2 rings (SSSR count). The molecule has 5 atom stereocenters. The molecule has 10 nitrogen and oxygen atoms in total. The van der Waals surface area contributed by atoms with Crippen molar-refractivity contribution in [2.24, 2.45) is 5.92 Å². The third kappa shape index (κ3) is 16.4. The highest BCUT2D eigenvalue weighted by molar-refractivity contribution is 6.67. The van der Waals surface area contributed by atoms with Crippen LogP contribution in [0.15, 0.2) is 0 Å². The molecule has 14 heteroatoms. The smallest absolute Gasteiger partial charge is 0.349 e. The number of hydrogen-bond acceptors (Lipinski definition) is 10.